The van der Waals surface area contributed by atoms with Crippen molar-refractivity contribution in [1.82, 2.24) is 0 Å². The molecular formula is C25H16N2O3. The molecule has 5 heteroatoms. The van der Waals surface area contributed by atoms with Crippen LogP contribution in [0.15, 0.2) is 54.6 Å². The molecule has 0 heterocycles. The lowest BCUT2D eigenvalue weighted by Crippen LogP contribution is -2.16. The predicted molar refractivity (Wildman–Crippen MR) is 117 cm³/mol. The molecule has 0 fully saturated rings. The van der Waals surface area contributed by atoms with Gasteiger partial charge in [-0.3, -0.25) is 9.59 Å². The number of primary amides is 1. The lowest BCUT2D eigenvalue weighted by Gasteiger charge is -2.19. The van der Waals surface area contributed by atoms with E-state index >= 15 is 0 Å². The van der Waals surface area contributed by atoms with Crippen LogP contribution < -0.4 is 5.73 Å². The Kier molecular flexibility index (Phi) is 3.84. The highest BCUT2D eigenvalue weighted by molar-refractivity contribution is 6.34. The van der Waals surface area contributed by atoms with Crippen molar-refractivity contribution in [2.24, 2.45) is 5.73 Å². The molecule has 144 valence electrons. The Balaban J connectivity index is 2.12. The van der Waals surface area contributed by atoms with Crippen molar-refractivity contribution in [1.29, 1.82) is 5.26 Å². The van der Waals surface area contributed by atoms with Crippen molar-refractivity contribution in [2.75, 3.05) is 0 Å². The third kappa shape index (κ3) is 2.48. The molecule has 0 atom stereocenters. The molecule has 0 saturated carbocycles. The van der Waals surface area contributed by atoms with Gasteiger partial charge in [0.05, 0.1) is 24.5 Å². The molecule has 5 nitrogen and oxygen atoms in total. The van der Waals surface area contributed by atoms with Gasteiger partial charge in [-0.05, 0) is 54.9 Å². The molecule has 0 aliphatic carbocycles. The third-order valence-corrected chi connectivity index (χ3v) is 5.78. The Morgan fingerprint density at radius 3 is 2.30 bits per heavy atom. The first-order chi connectivity index (χ1) is 14.5. The maximum atomic E-state index is 11.9. The number of amides is 1. The first-order valence-corrected chi connectivity index (χ1v) is 9.53. The second kappa shape index (κ2) is 6.43. The summed E-state index contributed by atoms with van der Waals surface area (Å²) in [6.45, 7) is 0. The van der Waals surface area contributed by atoms with Crippen molar-refractivity contribution in [3.63, 3.8) is 0 Å². The highest BCUT2D eigenvalue weighted by Gasteiger charge is 2.21. The van der Waals surface area contributed by atoms with Crippen LogP contribution >= 0.6 is 0 Å². The van der Waals surface area contributed by atoms with Crippen LogP contribution in [0, 0.1) is 11.3 Å². The maximum Gasteiger partial charge on any atom is 0.307 e. The molecular weight excluding hydrogens is 376 g/mol. The van der Waals surface area contributed by atoms with Gasteiger partial charge in [0, 0.05) is 5.39 Å². The van der Waals surface area contributed by atoms with E-state index in [0.29, 0.717) is 16.7 Å². The summed E-state index contributed by atoms with van der Waals surface area (Å²) in [5.74, 6) is -1.48. The van der Waals surface area contributed by atoms with Gasteiger partial charge in [-0.15, -0.1) is 0 Å². The van der Waals surface area contributed by atoms with E-state index in [1.165, 1.54) is 0 Å². The Morgan fingerprint density at radius 1 is 0.867 bits per heavy atom. The lowest BCUT2D eigenvalue weighted by atomic mass is 9.83. The van der Waals surface area contributed by atoms with Gasteiger partial charge >= 0.3 is 5.97 Å². The number of hydrogen-bond donors (Lipinski definition) is 2. The van der Waals surface area contributed by atoms with Gasteiger partial charge in [0.2, 0.25) is 5.91 Å². The molecule has 0 unspecified atom stereocenters. The van der Waals surface area contributed by atoms with Crippen molar-refractivity contribution in [3.05, 3.63) is 71.3 Å². The van der Waals surface area contributed by atoms with Crippen molar-refractivity contribution < 1.29 is 14.7 Å². The largest absolute Gasteiger partial charge is 0.481 e. The number of fused-ring (bicyclic) bond motifs is 2. The Labute approximate surface area is 171 Å². The number of benzene rings is 5. The van der Waals surface area contributed by atoms with E-state index in [0.717, 1.165) is 43.1 Å². The average Bonchev–Trinajstić information content (AvgIpc) is 2.72. The summed E-state index contributed by atoms with van der Waals surface area (Å²) in [5.41, 5.74) is 7.35. The average molecular weight is 392 g/mol. The van der Waals surface area contributed by atoms with E-state index in [1.807, 2.05) is 54.6 Å². The number of nitriles is 1. The summed E-state index contributed by atoms with van der Waals surface area (Å²) in [7, 11) is 0. The van der Waals surface area contributed by atoms with Crippen LogP contribution in [0.2, 0.25) is 0 Å². The van der Waals surface area contributed by atoms with E-state index in [2.05, 4.69) is 6.07 Å². The molecule has 0 bridgehead atoms. The van der Waals surface area contributed by atoms with Crippen LogP contribution in [0.5, 0.6) is 0 Å². The number of carbonyl (C=O) groups is 2. The van der Waals surface area contributed by atoms with Gasteiger partial charge in [-0.2, -0.15) is 5.26 Å². The maximum absolute atomic E-state index is 11.9. The van der Waals surface area contributed by atoms with E-state index in [9.17, 15) is 20.0 Å². The Bertz CT molecular complexity index is 1560. The molecule has 0 saturated heterocycles. The smallest absolute Gasteiger partial charge is 0.307 e. The lowest BCUT2D eigenvalue weighted by molar-refractivity contribution is -0.136. The molecule has 0 aromatic heterocycles. The number of nitrogens with two attached hydrogens (primary N) is 1. The fourth-order valence-electron chi connectivity index (χ4n) is 4.71. The van der Waals surface area contributed by atoms with E-state index in [4.69, 9.17) is 5.73 Å². The van der Waals surface area contributed by atoms with Crippen LogP contribution in [0.25, 0.3) is 43.1 Å². The van der Waals surface area contributed by atoms with Gasteiger partial charge in [0.25, 0.3) is 0 Å². The van der Waals surface area contributed by atoms with Crippen molar-refractivity contribution in [2.45, 2.75) is 12.8 Å². The topological polar surface area (TPSA) is 104 Å². The predicted octanol–water partition coefficient (Wildman–Crippen LogP) is 4.26. The van der Waals surface area contributed by atoms with Crippen molar-refractivity contribution in [3.8, 4) is 6.07 Å². The molecule has 5 aromatic carbocycles. The highest BCUT2D eigenvalue weighted by atomic mass is 16.4. The number of carboxylic acids is 1. The van der Waals surface area contributed by atoms with E-state index < -0.39 is 11.9 Å². The fraction of sp³-hybridized carbons (Fsp3) is 0.0800. The summed E-state index contributed by atoms with van der Waals surface area (Å²) >= 11 is 0. The van der Waals surface area contributed by atoms with Gasteiger partial charge in [-0.1, -0.05) is 48.5 Å². The molecule has 0 aliphatic rings. The number of carbonyl (C=O) groups excluding carboxylic acids is 1. The summed E-state index contributed by atoms with van der Waals surface area (Å²) in [6, 6.07) is 19.6. The van der Waals surface area contributed by atoms with Crippen LogP contribution in [0.3, 0.4) is 0 Å². The van der Waals surface area contributed by atoms with Crippen molar-refractivity contribution >= 4 is 55.0 Å². The minimum absolute atomic E-state index is 0.0497. The van der Waals surface area contributed by atoms with Gasteiger partial charge in [0.15, 0.2) is 0 Å². The minimum atomic E-state index is -0.968. The van der Waals surface area contributed by atoms with Crippen LogP contribution in [-0.2, 0) is 22.4 Å². The number of rotatable bonds is 4. The van der Waals surface area contributed by atoms with Crippen LogP contribution in [0.4, 0.5) is 0 Å². The van der Waals surface area contributed by atoms with Gasteiger partial charge < -0.3 is 10.8 Å². The zero-order valence-electron chi connectivity index (χ0n) is 15.9. The number of hydrogen-bond acceptors (Lipinski definition) is 3. The summed E-state index contributed by atoms with van der Waals surface area (Å²) in [4.78, 5) is 23.5. The fourth-order valence-corrected chi connectivity index (χ4v) is 4.71. The van der Waals surface area contributed by atoms with E-state index in [-0.39, 0.29) is 12.8 Å². The first kappa shape index (κ1) is 17.9. The van der Waals surface area contributed by atoms with Crippen LogP contribution in [0.1, 0.15) is 16.7 Å². The Morgan fingerprint density at radius 2 is 1.57 bits per heavy atom. The second-order valence-corrected chi connectivity index (χ2v) is 7.51. The summed E-state index contributed by atoms with van der Waals surface area (Å²) < 4.78 is 0. The van der Waals surface area contributed by atoms with Gasteiger partial charge in [-0.25, -0.2) is 0 Å². The number of carboxylic acid groups (broad SMARTS) is 1. The van der Waals surface area contributed by atoms with Crippen LogP contribution in [-0.4, -0.2) is 17.0 Å². The monoisotopic (exact) mass is 392 g/mol. The second-order valence-electron chi connectivity index (χ2n) is 7.51. The molecule has 0 aliphatic heterocycles. The standard InChI is InChI=1S/C25H16N2O3/c26-12-14-7-8-18-17-5-1-3-13-9-15(10-22(29)30)20(11-21(27)28)25(23(13)17)19-6-2-4-16(14)24(18)19/h1-9H,10-11H2,(H2,27,28)(H,29,30). The van der Waals surface area contributed by atoms with E-state index in [1.54, 1.807) is 0 Å². The zero-order valence-corrected chi connectivity index (χ0v) is 15.9. The Hall–Kier alpha value is -4.17. The quantitative estimate of drug-likeness (QED) is 0.352. The molecule has 5 rings (SSSR count). The summed E-state index contributed by atoms with van der Waals surface area (Å²) in [6.07, 6.45) is -0.247. The molecule has 0 spiro atoms. The summed E-state index contributed by atoms with van der Waals surface area (Å²) in [5, 5.41) is 26.5. The highest BCUT2D eigenvalue weighted by Crippen LogP contribution is 2.43. The zero-order chi connectivity index (χ0) is 21.0. The molecule has 0 radical (unpaired) electrons. The van der Waals surface area contributed by atoms with Gasteiger partial charge in [0.1, 0.15) is 0 Å². The molecule has 1 amide bonds. The SMILES string of the molecule is N#Cc1ccc2c3cccc4cc(CC(=O)O)c(CC(N)=O)c(c5cccc1c25)c43. The molecule has 5 aromatic rings. The molecule has 30 heavy (non-hydrogen) atoms. The normalized spacial score (nSPS) is 11.4. The number of aliphatic carboxylic acids is 1. The minimum Gasteiger partial charge on any atom is -0.481 e. The first-order valence-electron chi connectivity index (χ1n) is 9.53. The molecule has 3 N–H and O–H groups in total. The number of nitrogens with zero attached hydrogens (tertiary/aromatic N) is 1. The third-order valence-electron chi connectivity index (χ3n) is 5.78.